The summed E-state index contributed by atoms with van der Waals surface area (Å²) in [6.07, 6.45) is 0. The number of oxime groups is 2. The lowest BCUT2D eigenvalue weighted by atomic mass is 10.0. The van der Waals surface area contributed by atoms with Crippen LogP contribution >= 0.6 is 0 Å². The van der Waals surface area contributed by atoms with Crippen molar-refractivity contribution in [3.05, 3.63) is 71.3 Å². The van der Waals surface area contributed by atoms with Crippen LogP contribution in [0.25, 0.3) is 0 Å². The van der Waals surface area contributed by atoms with E-state index in [2.05, 4.69) is 10.3 Å². The van der Waals surface area contributed by atoms with Gasteiger partial charge in [-0.25, -0.2) is 0 Å². The van der Waals surface area contributed by atoms with E-state index in [1.807, 2.05) is 12.1 Å². The van der Waals surface area contributed by atoms with Gasteiger partial charge in [-0.2, -0.15) is 0 Å². The van der Waals surface area contributed by atoms with Crippen molar-refractivity contribution in [2.75, 3.05) is 7.11 Å². The number of hydrogen-bond donors (Lipinski definition) is 0. The molecule has 0 heterocycles. The molecule has 0 N–H and O–H groups in total. The molecule has 134 valence electrons. The van der Waals surface area contributed by atoms with Gasteiger partial charge in [-0.3, -0.25) is 9.59 Å². The predicted octanol–water partition coefficient (Wildman–Crippen LogP) is 3.40. The molecule has 0 aromatic heterocycles. The average Bonchev–Trinajstić information content (AvgIpc) is 2.66. The van der Waals surface area contributed by atoms with Crippen LogP contribution in [-0.4, -0.2) is 30.1 Å². The lowest BCUT2D eigenvalue weighted by Crippen LogP contribution is -2.15. The second kappa shape index (κ2) is 9.27. The van der Waals surface area contributed by atoms with Gasteiger partial charge in [-0.1, -0.05) is 64.9 Å². The molecule has 26 heavy (non-hydrogen) atoms. The van der Waals surface area contributed by atoms with Crippen molar-refractivity contribution in [3.63, 3.8) is 0 Å². The highest BCUT2D eigenvalue weighted by Crippen LogP contribution is 2.13. The number of nitrogens with zero attached hydrogens (tertiary/aromatic N) is 2. The van der Waals surface area contributed by atoms with Gasteiger partial charge in [0.05, 0.1) is 0 Å². The summed E-state index contributed by atoms with van der Waals surface area (Å²) in [4.78, 5) is 34.1. The first-order valence-corrected chi connectivity index (χ1v) is 8.01. The molecule has 0 aliphatic heterocycles. The second-order valence-electron chi connectivity index (χ2n) is 5.48. The van der Waals surface area contributed by atoms with E-state index in [0.29, 0.717) is 16.7 Å². The van der Waals surface area contributed by atoms with Gasteiger partial charge in [0, 0.05) is 23.6 Å². The van der Waals surface area contributed by atoms with E-state index in [1.165, 1.54) is 14.0 Å². The minimum absolute atomic E-state index is 0.0889. The highest BCUT2D eigenvalue weighted by molar-refractivity contribution is 6.45. The lowest BCUT2D eigenvalue weighted by molar-refractivity contribution is -0.111. The molecule has 0 atom stereocenters. The van der Waals surface area contributed by atoms with Crippen molar-refractivity contribution in [1.29, 1.82) is 0 Å². The average molecular weight is 352 g/mol. The van der Waals surface area contributed by atoms with Crippen LogP contribution < -0.4 is 0 Å². The monoisotopic (exact) mass is 352 g/mol. The Morgan fingerprint density at radius 2 is 1.58 bits per heavy atom. The lowest BCUT2D eigenvalue weighted by Gasteiger charge is -2.09. The van der Waals surface area contributed by atoms with Gasteiger partial charge in [0.2, 0.25) is 5.78 Å². The zero-order valence-electron chi connectivity index (χ0n) is 14.9. The number of ketones is 2. The molecule has 6 nitrogen and oxygen atoms in total. The fraction of sp³-hybridized carbons (Fsp3) is 0.200. The maximum Gasteiger partial charge on any atom is 0.210 e. The van der Waals surface area contributed by atoms with Gasteiger partial charge in [0.15, 0.2) is 11.5 Å². The molecule has 0 amide bonds. The van der Waals surface area contributed by atoms with E-state index in [0.717, 1.165) is 0 Å². The summed E-state index contributed by atoms with van der Waals surface area (Å²) in [6.45, 7) is 3.09. The summed E-state index contributed by atoms with van der Waals surface area (Å²) in [5.41, 5.74) is 2.30. The quantitative estimate of drug-likeness (QED) is 0.414. The Kier molecular flexibility index (Phi) is 6.79. The van der Waals surface area contributed by atoms with Crippen LogP contribution in [0.3, 0.4) is 0 Å². The third kappa shape index (κ3) is 4.86. The fourth-order valence-corrected chi connectivity index (χ4v) is 2.31. The predicted molar refractivity (Wildman–Crippen MR) is 99.3 cm³/mol. The van der Waals surface area contributed by atoms with Crippen molar-refractivity contribution in [3.8, 4) is 0 Å². The minimum atomic E-state index is -0.224. The van der Waals surface area contributed by atoms with Gasteiger partial charge < -0.3 is 9.68 Å². The Morgan fingerprint density at radius 3 is 2.23 bits per heavy atom. The molecule has 0 radical (unpaired) electrons. The number of Topliss-reactive ketones (excluding diaryl/α,β-unsaturated/α-hetero) is 2. The molecule has 0 saturated heterocycles. The van der Waals surface area contributed by atoms with Crippen LogP contribution in [0.1, 0.15) is 35.3 Å². The molecule has 0 saturated carbocycles. The van der Waals surface area contributed by atoms with Gasteiger partial charge >= 0.3 is 0 Å². The molecule has 0 aliphatic rings. The number of benzene rings is 2. The van der Waals surface area contributed by atoms with Crippen LogP contribution in [-0.2, 0) is 21.1 Å². The smallest absolute Gasteiger partial charge is 0.210 e. The molecule has 0 unspecified atom stereocenters. The third-order valence-corrected chi connectivity index (χ3v) is 3.57. The summed E-state index contributed by atoms with van der Waals surface area (Å²) >= 11 is 0. The van der Waals surface area contributed by atoms with Gasteiger partial charge in [-0.15, -0.1) is 0 Å². The maximum atomic E-state index is 12.2. The fourth-order valence-electron chi connectivity index (χ4n) is 2.31. The van der Waals surface area contributed by atoms with Crippen molar-refractivity contribution in [1.82, 2.24) is 0 Å². The van der Waals surface area contributed by atoms with Gasteiger partial charge in [-0.05, 0) is 6.92 Å². The topological polar surface area (TPSA) is 77.3 Å². The zero-order chi connectivity index (χ0) is 18.9. The summed E-state index contributed by atoms with van der Waals surface area (Å²) in [5.74, 6) is -0.428. The third-order valence-electron chi connectivity index (χ3n) is 3.57. The molecule has 0 aliphatic carbocycles. The van der Waals surface area contributed by atoms with E-state index in [1.54, 1.807) is 49.4 Å². The Morgan fingerprint density at radius 1 is 0.923 bits per heavy atom. The van der Waals surface area contributed by atoms with Crippen LogP contribution in [0.5, 0.6) is 0 Å². The minimum Gasteiger partial charge on any atom is -0.399 e. The van der Waals surface area contributed by atoms with Crippen LogP contribution in [0.15, 0.2) is 64.9 Å². The maximum absolute atomic E-state index is 12.2. The SMILES string of the molecule is CO/N=C(/C(C)=O)c1ccccc1CO/N=C(\C)C(=O)c1ccccc1. The number of carbonyl (C=O) groups excluding carboxylic acids is 2. The van der Waals surface area contributed by atoms with Crippen molar-refractivity contribution >= 4 is 23.0 Å². The van der Waals surface area contributed by atoms with Crippen molar-refractivity contribution in [2.24, 2.45) is 10.3 Å². The molecule has 2 rings (SSSR count). The van der Waals surface area contributed by atoms with Crippen LogP contribution in [0.4, 0.5) is 0 Å². The van der Waals surface area contributed by atoms with Crippen molar-refractivity contribution in [2.45, 2.75) is 20.5 Å². The second-order valence-corrected chi connectivity index (χ2v) is 5.48. The Bertz CT molecular complexity index is 842. The molecule has 0 bridgehead atoms. The first kappa shape index (κ1) is 19.1. The van der Waals surface area contributed by atoms with Crippen LogP contribution in [0.2, 0.25) is 0 Å². The molecule has 2 aromatic rings. The van der Waals surface area contributed by atoms with Gasteiger partial charge in [0.25, 0.3) is 0 Å². The van der Waals surface area contributed by atoms with Crippen molar-refractivity contribution < 1.29 is 19.3 Å². The normalized spacial score (nSPS) is 11.8. The largest absolute Gasteiger partial charge is 0.399 e. The summed E-state index contributed by atoms with van der Waals surface area (Å²) in [6, 6.07) is 16.0. The first-order chi connectivity index (χ1) is 12.5. The van der Waals surface area contributed by atoms with E-state index >= 15 is 0 Å². The first-order valence-electron chi connectivity index (χ1n) is 8.01. The summed E-state index contributed by atoms with van der Waals surface area (Å²) in [5, 5.41) is 7.69. The summed E-state index contributed by atoms with van der Waals surface area (Å²) < 4.78 is 0. The Labute approximate surface area is 152 Å². The van der Waals surface area contributed by atoms with E-state index in [9.17, 15) is 9.59 Å². The molecule has 0 spiro atoms. The number of rotatable bonds is 8. The number of hydrogen-bond acceptors (Lipinski definition) is 6. The zero-order valence-corrected chi connectivity index (χ0v) is 14.9. The highest BCUT2D eigenvalue weighted by atomic mass is 16.6. The van der Waals surface area contributed by atoms with E-state index in [-0.39, 0.29) is 29.6 Å². The molecular formula is C20H20N2O4. The van der Waals surface area contributed by atoms with E-state index < -0.39 is 0 Å². The molecule has 0 fully saturated rings. The Hall–Kier alpha value is -3.28. The molecular weight excluding hydrogens is 332 g/mol. The standard InChI is InChI=1S/C20H20N2O4/c1-14(20(24)16-9-5-4-6-10-16)21-26-13-17-11-7-8-12-18(17)19(15(2)23)22-25-3/h4-12H,13H2,1-3H3/b21-14+,22-19-. The number of carbonyl (C=O) groups is 2. The summed E-state index contributed by atoms with van der Waals surface area (Å²) in [7, 11) is 1.38. The van der Waals surface area contributed by atoms with E-state index in [4.69, 9.17) is 9.68 Å². The van der Waals surface area contributed by atoms with Gasteiger partial charge in [0.1, 0.15) is 19.4 Å². The Balaban J connectivity index is 2.14. The molecule has 6 heteroatoms. The van der Waals surface area contributed by atoms with Crippen LogP contribution in [0, 0.1) is 0 Å². The molecule has 2 aromatic carbocycles. The highest BCUT2D eigenvalue weighted by Gasteiger charge is 2.15.